The molecule has 1 aliphatic carbocycles. The molecule has 68 valence electrons. The molecule has 2 heteroatoms. The number of rotatable bonds is 0. The summed E-state index contributed by atoms with van der Waals surface area (Å²) in [4.78, 5) is 0. The van der Waals surface area contributed by atoms with Gasteiger partial charge in [-0.3, -0.25) is 0 Å². The van der Waals surface area contributed by atoms with Crippen molar-refractivity contribution in [3.8, 4) is 0 Å². The molecule has 0 bridgehead atoms. The Labute approximate surface area is 75.9 Å². The summed E-state index contributed by atoms with van der Waals surface area (Å²) in [5.41, 5.74) is 1.69. The second-order valence-electron chi connectivity index (χ2n) is 3.40. The molecule has 1 aliphatic rings. The van der Waals surface area contributed by atoms with Crippen molar-refractivity contribution in [3.63, 3.8) is 0 Å². The zero-order valence-corrected chi connectivity index (χ0v) is 7.35. The van der Waals surface area contributed by atoms with Crippen molar-refractivity contribution in [3.05, 3.63) is 41.0 Å². The minimum atomic E-state index is -2.68. The minimum absolute atomic E-state index is 0.162. The molecule has 0 unspecified atom stereocenters. The van der Waals surface area contributed by atoms with Crippen LogP contribution >= 0.6 is 0 Å². The Morgan fingerprint density at radius 3 is 2.85 bits per heavy atom. The Hall–Kier alpha value is -1.18. The lowest BCUT2D eigenvalue weighted by Gasteiger charge is -2.21. The van der Waals surface area contributed by atoms with Gasteiger partial charge in [0.1, 0.15) is 0 Å². The van der Waals surface area contributed by atoms with E-state index in [0.717, 1.165) is 5.56 Å². The van der Waals surface area contributed by atoms with Crippen LogP contribution in [0.2, 0.25) is 0 Å². The molecule has 0 saturated carbocycles. The largest absolute Gasteiger partial charge is 0.277 e. The fraction of sp³-hybridized carbons (Fsp3) is 0.273. The summed E-state index contributed by atoms with van der Waals surface area (Å²) in [6, 6.07) is 5.16. The van der Waals surface area contributed by atoms with Crippen LogP contribution < -0.4 is 0 Å². The smallest absolute Gasteiger partial charge is 0.201 e. The lowest BCUT2D eigenvalue weighted by atomic mass is 9.92. The summed E-state index contributed by atoms with van der Waals surface area (Å²) < 4.78 is 26.7. The van der Waals surface area contributed by atoms with Gasteiger partial charge in [0, 0.05) is 12.0 Å². The van der Waals surface area contributed by atoms with Gasteiger partial charge >= 0.3 is 0 Å². The summed E-state index contributed by atoms with van der Waals surface area (Å²) in [5.74, 6) is -2.68. The van der Waals surface area contributed by atoms with Gasteiger partial charge in [0.25, 0.3) is 5.92 Å². The lowest BCUT2D eigenvalue weighted by molar-refractivity contribution is -0.00227. The van der Waals surface area contributed by atoms with Crippen LogP contribution in [0.3, 0.4) is 0 Å². The molecule has 0 heterocycles. The third-order valence-corrected chi connectivity index (χ3v) is 2.27. The van der Waals surface area contributed by atoms with Gasteiger partial charge in [-0.15, -0.1) is 0 Å². The Balaban J connectivity index is 2.62. The monoisotopic (exact) mass is 180 g/mol. The summed E-state index contributed by atoms with van der Waals surface area (Å²) in [6.45, 7) is 1.83. The fourth-order valence-corrected chi connectivity index (χ4v) is 1.58. The van der Waals surface area contributed by atoms with Gasteiger partial charge in [0.05, 0.1) is 0 Å². The number of allylic oxidation sites excluding steroid dienone is 1. The number of benzene rings is 1. The van der Waals surface area contributed by atoms with E-state index in [1.165, 1.54) is 6.08 Å². The van der Waals surface area contributed by atoms with E-state index in [1.54, 1.807) is 18.2 Å². The van der Waals surface area contributed by atoms with Crippen molar-refractivity contribution >= 4 is 6.08 Å². The number of halogens is 2. The predicted octanol–water partition coefficient (Wildman–Crippen LogP) is 3.50. The summed E-state index contributed by atoms with van der Waals surface area (Å²) in [6.07, 6.45) is 3.10. The fourth-order valence-electron chi connectivity index (χ4n) is 1.58. The molecule has 0 fully saturated rings. The van der Waals surface area contributed by atoms with Crippen LogP contribution in [0.25, 0.3) is 6.08 Å². The van der Waals surface area contributed by atoms with Crippen molar-refractivity contribution in [2.45, 2.75) is 19.3 Å². The summed E-state index contributed by atoms with van der Waals surface area (Å²) in [7, 11) is 0. The van der Waals surface area contributed by atoms with Crippen LogP contribution in [-0.2, 0) is 5.92 Å². The second-order valence-corrected chi connectivity index (χ2v) is 3.40. The molecular weight excluding hydrogens is 170 g/mol. The molecule has 0 aliphatic heterocycles. The highest BCUT2D eigenvalue weighted by atomic mass is 19.3. The van der Waals surface area contributed by atoms with Gasteiger partial charge in [-0.1, -0.05) is 29.8 Å². The average Bonchev–Trinajstić information content (AvgIpc) is 2.06. The third-order valence-electron chi connectivity index (χ3n) is 2.27. The maximum atomic E-state index is 13.3. The average molecular weight is 180 g/mol. The highest BCUT2D eigenvalue weighted by Crippen LogP contribution is 2.38. The highest BCUT2D eigenvalue weighted by molar-refractivity contribution is 5.58. The first kappa shape index (κ1) is 8.42. The minimum Gasteiger partial charge on any atom is -0.201 e. The van der Waals surface area contributed by atoms with Crippen LogP contribution in [0.15, 0.2) is 24.3 Å². The molecule has 0 nitrogen and oxygen atoms in total. The molecule has 1 aromatic carbocycles. The quantitative estimate of drug-likeness (QED) is 0.573. The van der Waals surface area contributed by atoms with Gasteiger partial charge < -0.3 is 0 Å². The van der Waals surface area contributed by atoms with E-state index in [4.69, 9.17) is 0 Å². The Bertz CT molecular complexity index is 364. The van der Waals surface area contributed by atoms with E-state index in [1.807, 2.05) is 13.0 Å². The zero-order chi connectivity index (χ0) is 9.47. The Kier molecular flexibility index (Phi) is 1.72. The molecule has 0 amide bonds. The molecule has 13 heavy (non-hydrogen) atoms. The number of hydrogen-bond donors (Lipinski definition) is 0. The van der Waals surface area contributed by atoms with E-state index in [2.05, 4.69) is 0 Å². The summed E-state index contributed by atoms with van der Waals surface area (Å²) >= 11 is 0. The van der Waals surface area contributed by atoms with Crippen LogP contribution in [0.1, 0.15) is 23.1 Å². The standard InChI is InChI=1S/C11H10F2/c1-8-4-5-9-3-2-6-11(12,13)10(9)7-8/h2-5,7H,6H2,1H3. The highest BCUT2D eigenvalue weighted by Gasteiger charge is 2.34. The molecule has 0 aromatic heterocycles. The van der Waals surface area contributed by atoms with E-state index < -0.39 is 5.92 Å². The summed E-state index contributed by atoms with van der Waals surface area (Å²) in [5, 5.41) is 0. The zero-order valence-electron chi connectivity index (χ0n) is 7.35. The Morgan fingerprint density at radius 2 is 2.08 bits per heavy atom. The van der Waals surface area contributed by atoms with E-state index in [0.29, 0.717) is 5.56 Å². The molecule has 1 aromatic rings. The first-order valence-corrected chi connectivity index (χ1v) is 4.25. The second kappa shape index (κ2) is 2.66. The molecule has 2 rings (SSSR count). The normalized spacial score (nSPS) is 18.4. The number of hydrogen-bond acceptors (Lipinski definition) is 0. The van der Waals surface area contributed by atoms with E-state index >= 15 is 0 Å². The van der Waals surface area contributed by atoms with Gasteiger partial charge in [0.15, 0.2) is 0 Å². The maximum Gasteiger partial charge on any atom is 0.277 e. The molecular formula is C11H10F2. The molecule has 0 spiro atoms. The van der Waals surface area contributed by atoms with Crippen molar-refractivity contribution in [2.24, 2.45) is 0 Å². The van der Waals surface area contributed by atoms with Gasteiger partial charge in [-0.25, -0.2) is 8.78 Å². The van der Waals surface area contributed by atoms with Crippen LogP contribution in [-0.4, -0.2) is 0 Å². The van der Waals surface area contributed by atoms with Gasteiger partial charge in [-0.05, 0) is 18.6 Å². The van der Waals surface area contributed by atoms with Crippen molar-refractivity contribution in [2.75, 3.05) is 0 Å². The first-order valence-electron chi connectivity index (χ1n) is 4.25. The van der Waals surface area contributed by atoms with Crippen molar-refractivity contribution < 1.29 is 8.78 Å². The molecule has 0 N–H and O–H groups in total. The number of aryl methyl sites for hydroxylation is 1. The van der Waals surface area contributed by atoms with Crippen LogP contribution in [0, 0.1) is 6.92 Å². The van der Waals surface area contributed by atoms with Crippen LogP contribution in [0.5, 0.6) is 0 Å². The number of fused-ring (bicyclic) bond motifs is 1. The van der Waals surface area contributed by atoms with E-state index in [9.17, 15) is 8.78 Å². The first-order chi connectivity index (χ1) is 6.09. The topological polar surface area (TPSA) is 0 Å². The third kappa shape index (κ3) is 1.37. The Morgan fingerprint density at radius 1 is 1.31 bits per heavy atom. The lowest BCUT2D eigenvalue weighted by Crippen LogP contribution is -2.16. The van der Waals surface area contributed by atoms with Crippen molar-refractivity contribution in [1.29, 1.82) is 0 Å². The van der Waals surface area contributed by atoms with Gasteiger partial charge in [0.2, 0.25) is 0 Å². The molecule has 0 saturated heterocycles. The van der Waals surface area contributed by atoms with Crippen LogP contribution in [0.4, 0.5) is 8.78 Å². The molecule has 0 atom stereocenters. The maximum absolute atomic E-state index is 13.3. The molecule has 0 radical (unpaired) electrons. The van der Waals surface area contributed by atoms with Gasteiger partial charge in [-0.2, -0.15) is 0 Å². The van der Waals surface area contributed by atoms with E-state index in [-0.39, 0.29) is 12.0 Å². The SMILES string of the molecule is Cc1ccc2c(c1)C(F)(F)CC=C2. The predicted molar refractivity (Wildman–Crippen MR) is 48.7 cm³/mol. The number of alkyl halides is 2. The van der Waals surface area contributed by atoms with Crippen molar-refractivity contribution in [1.82, 2.24) is 0 Å².